The van der Waals surface area contributed by atoms with Gasteiger partial charge in [-0.2, -0.15) is 5.10 Å². The molecule has 4 fully saturated rings. The molecule has 6 heteroatoms. The maximum absolute atomic E-state index is 5.80. The van der Waals surface area contributed by atoms with Gasteiger partial charge in [0, 0.05) is 13.0 Å². The quantitative estimate of drug-likeness (QED) is 0.504. The minimum atomic E-state index is 0.467. The molecule has 0 amide bonds. The van der Waals surface area contributed by atoms with Gasteiger partial charge in [-0.05, 0) is 112 Å². The van der Waals surface area contributed by atoms with Gasteiger partial charge in [0.05, 0.1) is 13.2 Å². The molecular formula is C25H35N3O2S. The summed E-state index contributed by atoms with van der Waals surface area (Å²) in [6, 6.07) is 6.27. The molecular weight excluding hydrogens is 406 g/mol. The van der Waals surface area contributed by atoms with Crippen LogP contribution in [0.1, 0.15) is 63.8 Å². The lowest BCUT2D eigenvalue weighted by atomic mass is 9.49. The first-order valence-electron chi connectivity index (χ1n) is 12.1. The van der Waals surface area contributed by atoms with Gasteiger partial charge in [-0.15, -0.1) is 0 Å². The first-order chi connectivity index (χ1) is 15.1. The second-order valence-electron chi connectivity index (χ2n) is 10.1. The van der Waals surface area contributed by atoms with Crippen molar-refractivity contribution in [1.29, 1.82) is 0 Å². The van der Waals surface area contributed by atoms with Crippen LogP contribution in [-0.2, 0) is 19.4 Å². The first-order valence-corrected chi connectivity index (χ1v) is 12.5. The topological polar surface area (TPSA) is 52.1 Å². The number of hydrogen-bond acceptors (Lipinski definition) is 4. The summed E-state index contributed by atoms with van der Waals surface area (Å²) < 4.78 is 14.5. The van der Waals surface area contributed by atoms with Crippen molar-refractivity contribution in [1.82, 2.24) is 14.8 Å². The van der Waals surface area contributed by atoms with E-state index >= 15 is 0 Å². The molecule has 1 aromatic carbocycles. The van der Waals surface area contributed by atoms with E-state index in [9.17, 15) is 0 Å². The van der Waals surface area contributed by atoms with Gasteiger partial charge in [0.15, 0.2) is 16.3 Å². The van der Waals surface area contributed by atoms with E-state index < -0.39 is 0 Å². The summed E-state index contributed by atoms with van der Waals surface area (Å²) in [6.07, 6.45) is 10.6. The highest BCUT2D eigenvalue weighted by atomic mass is 32.1. The molecule has 0 aliphatic heterocycles. The molecule has 168 valence electrons. The van der Waals surface area contributed by atoms with E-state index in [-0.39, 0.29) is 0 Å². The summed E-state index contributed by atoms with van der Waals surface area (Å²) in [4.78, 5) is 0. The van der Waals surface area contributed by atoms with E-state index in [1.807, 2.05) is 19.9 Å². The monoisotopic (exact) mass is 441 g/mol. The molecule has 1 heterocycles. The largest absolute Gasteiger partial charge is 0.490 e. The zero-order chi connectivity index (χ0) is 21.4. The summed E-state index contributed by atoms with van der Waals surface area (Å²) in [7, 11) is 0. The Hall–Kier alpha value is -1.82. The predicted molar refractivity (Wildman–Crippen MR) is 124 cm³/mol. The average molecular weight is 442 g/mol. The molecule has 0 spiro atoms. The van der Waals surface area contributed by atoms with Gasteiger partial charge >= 0.3 is 0 Å². The molecule has 2 aromatic rings. The van der Waals surface area contributed by atoms with Gasteiger partial charge in [-0.25, -0.2) is 0 Å². The number of aromatic nitrogens is 3. The molecule has 1 N–H and O–H groups in total. The van der Waals surface area contributed by atoms with E-state index in [1.165, 1.54) is 44.1 Å². The number of ether oxygens (including phenoxy) is 2. The Bertz CT molecular complexity index is 944. The summed E-state index contributed by atoms with van der Waals surface area (Å²) in [5.74, 6) is 5.68. The third-order valence-corrected chi connectivity index (χ3v) is 8.08. The van der Waals surface area contributed by atoms with Crippen molar-refractivity contribution >= 4 is 12.2 Å². The maximum atomic E-state index is 5.80. The molecule has 1 aromatic heterocycles. The second-order valence-corrected chi connectivity index (χ2v) is 10.5. The summed E-state index contributed by atoms with van der Waals surface area (Å²) >= 11 is 5.62. The van der Waals surface area contributed by atoms with Gasteiger partial charge < -0.3 is 14.0 Å². The van der Waals surface area contributed by atoms with Crippen LogP contribution in [0.5, 0.6) is 11.5 Å². The van der Waals surface area contributed by atoms with Crippen molar-refractivity contribution in [2.75, 3.05) is 13.2 Å². The predicted octanol–water partition coefficient (Wildman–Crippen LogP) is 5.74. The fraction of sp³-hybridized carbons (Fsp3) is 0.680. The van der Waals surface area contributed by atoms with Crippen molar-refractivity contribution in [3.63, 3.8) is 0 Å². The minimum Gasteiger partial charge on any atom is -0.490 e. The Balaban J connectivity index is 1.31. The fourth-order valence-electron chi connectivity index (χ4n) is 7.05. The number of rotatable bonds is 9. The fourth-order valence-corrected chi connectivity index (χ4v) is 7.29. The van der Waals surface area contributed by atoms with Gasteiger partial charge in [0.25, 0.3) is 0 Å². The van der Waals surface area contributed by atoms with Gasteiger partial charge in [-0.1, -0.05) is 6.07 Å². The van der Waals surface area contributed by atoms with Crippen LogP contribution in [0.15, 0.2) is 18.2 Å². The molecule has 4 aliphatic carbocycles. The molecule has 4 bridgehead atoms. The van der Waals surface area contributed by atoms with E-state index in [0.29, 0.717) is 18.6 Å². The number of nitrogens with one attached hydrogen (secondary N) is 1. The Kier molecular flexibility index (Phi) is 5.84. The van der Waals surface area contributed by atoms with E-state index in [2.05, 4.69) is 26.9 Å². The number of nitrogens with zero attached hydrogens (tertiary/aromatic N) is 2. The van der Waals surface area contributed by atoms with Crippen molar-refractivity contribution < 1.29 is 9.47 Å². The lowest BCUT2D eigenvalue weighted by Gasteiger charge is -2.56. The van der Waals surface area contributed by atoms with Gasteiger partial charge in [0.2, 0.25) is 0 Å². The third kappa shape index (κ3) is 4.28. The van der Waals surface area contributed by atoms with Gasteiger partial charge in [0.1, 0.15) is 5.82 Å². The number of benzene rings is 1. The average Bonchev–Trinajstić information content (AvgIpc) is 3.06. The van der Waals surface area contributed by atoms with Gasteiger partial charge in [-0.3, -0.25) is 5.10 Å². The highest BCUT2D eigenvalue weighted by Gasteiger charge is 2.51. The SMILES string of the molecule is CCOc1ccc(CCn2c(CC34CC5CC(CC(C5)C3)C4)n[nH]c2=S)cc1OCC. The maximum Gasteiger partial charge on any atom is 0.195 e. The van der Waals surface area contributed by atoms with E-state index in [0.717, 1.165) is 59.2 Å². The van der Waals surface area contributed by atoms with E-state index in [4.69, 9.17) is 21.7 Å². The zero-order valence-corrected chi connectivity index (χ0v) is 19.7. The standard InChI is InChI=1S/C25H35N3O2S/c1-3-29-21-6-5-17(12-22(21)30-4-2)7-8-28-23(26-27-24(28)31)16-25-13-18-9-19(14-25)11-20(10-18)15-25/h5-6,12,18-20H,3-4,7-11,13-16H2,1-2H3,(H,27,31). The normalized spacial score (nSPS) is 28.8. The molecule has 0 atom stereocenters. The number of aromatic amines is 1. The zero-order valence-electron chi connectivity index (χ0n) is 18.9. The van der Waals surface area contributed by atoms with Crippen molar-refractivity contribution in [3.05, 3.63) is 34.4 Å². The van der Waals surface area contributed by atoms with Crippen molar-refractivity contribution in [2.24, 2.45) is 23.2 Å². The lowest BCUT2D eigenvalue weighted by molar-refractivity contribution is -0.0535. The number of H-pyrrole nitrogens is 1. The molecule has 31 heavy (non-hydrogen) atoms. The molecule has 0 unspecified atom stereocenters. The van der Waals surface area contributed by atoms with E-state index in [1.54, 1.807) is 0 Å². The smallest absolute Gasteiger partial charge is 0.195 e. The summed E-state index contributed by atoms with van der Waals surface area (Å²) in [5, 5.41) is 7.78. The van der Waals surface area contributed by atoms with Crippen LogP contribution < -0.4 is 9.47 Å². The Labute approximate surface area is 190 Å². The summed E-state index contributed by atoms with van der Waals surface area (Å²) in [6.45, 7) is 6.11. The molecule has 4 saturated carbocycles. The highest BCUT2D eigenvalue weighted by Crippen LogP contribution is 2.60. The second kappa shape index (κ2) is 8.61. The van der Waals surface area contributed by atoms with Crippen LogP contribution in [0.4, 0.5) is 0 Å². The highest BCUT2D eigenvalue weighted by molar-refractivity contribution is 7.71. The van der Waals surface area contributed by atoms with Crippen LogP contribution in [0, 0.1) is 27.9 Å². The summed E-state index contributed by atoms with van der Waals surface area (Å²) in [5.41, 5.74) is 1.70. The molecule has 6 rings (SSSR count). The number of aryl methyl sites for hydroxylation is 1. The van der Waals surface area contributed by atoms with Crippen LogP contribution in [-0.4, -0.2) is 28.0 Å². The Morgan fingerprint density at radius 3 is 2.32 bits per heavy atom. The van der Waals surface area contributed by atoms with Crippen molar-refractivity contribution in [2.45, 2.75) is 71.8 Å². The Morgan fingerprint density at radius 1 is 1.03 bits per heavy atom. The Morgan fingerprint density at radius 2 is 1.68 bits per heavy atom. The minimum absolute atomic E-state index is 0.467. The number of hydrogen-bond donors (Lipinski definition) is 1. The van der Waals surface area contributed by atoms with Crippen LogP contribution in [0.25, 0.3) is 0 Å². The van der Waals surface area contributed by atoms with Crippen LogP contribution in [0.2, 0.25) is 0 Å². The van der Waals surface area contributed by atoms with Crippen molar-refractivity contribution in [3.8, 4) is 11.5 Å². The first kappa shape index (κ1) is 21.0. The molecule has 5 nitrogen and oxygen atoms in total. The molecule has 4 aliphatic rings. The lowest BCUT2D eigenvalue weighted by Crippen LogP contribution is -2.47. The third-order valence-electron chi connectivity index (χ3n) is 7.77. The van der Waals surface area contributed by atoms with Crippen LogP contribution in [0.3, 0.4) is 0 Å². The molecule has 0 radical (unpaired) electrons. The van der Waals surface area contributed by atoms with Crippen LogP contribution >= 0.6 is 12.2 Å². The molecule has 0 saturated heterocycles.